The minimum atomic E-state index is -0.254. The van der Waals surface area contributed by atoms with E-state index >= 15 is 0 Å². The molecule has 2 N–H and O–H groups in total. The molecule has 1 aliphatic rings. The number of nitrogens with one attached hydrogen (secondary N) is 2. The van der Waals surface area contributed by atoms with Gasteiger partial charge in [0, 0.05) is 61.8 Å². The fourth-order valence-electron chi connectivity index (χ4n) is 3.27. The van der Waals surface area contributed by atoms with Crippen LogP contribution in [0.3, 0.4) is 0 Å². The van der Waals surface area contributed by atoms with Gasteiger partial charge in [-0.25, -0.2) is 9.97 Å². The Morgan fingerprint density at radius 3 is 2.78 bits per heavy atom. The zero-order chi connectivity index (χ0) is 19.6. The molecule has 1 amide bonds. The van der Waals surface area contributed by atoms with Crippen molar-refractivity contribution in [3.63, 3.8) is 0 Å². The topological polar surface area (TPSA) is 88.0 Å². The molecule has 0 radical (unpaired) electrons. The lowest BCUT2D eigenvalue weighted by Crippen LogP contribution is -2.33. The van der Waals surface area contributed by atoms with Gasteiger partial charge in [0.05, 0.1) is 6.20 Å². The number of anilines is 1. The first-order valence-electron chi connectivity index (χ1n) is 9.47. The molecule has 1 saturated heterocycles. The summed E-state index contributed by atoms with van der Waals surface area (Å²) in [6, 6.07) is 0.754. The number of rotatable bonds is 6. The second kappa shape index (κ2) is 8.04. The maximum atomic E-state index is 11.9. The summed E-state index contributed by atoms with van der Waals surface area (Å²) >= 11 is 0. The summed E-state index contributed by atoms with van der Waals surface area (Å²) in [4.78, 5) is 23.0. The largest absolute Gasteiger partial charge is 0.355 e. The summed E-state index contributed by atoms with van der Waals surface area (Å²) in [6.45, 7) is 10.8. The van der Waals surface area contributed by atoms with E-state index in [4.69, 9.17) is 0 Å². The van der Waals surface area contributed by atoms with Crippen molar-refractivity contribution < 1.29 is 4.79 Å². The first-order valence-corrected chi connectivity index (χ1v) is 9.47. The van der Waals surface area contributed by atoms with E-state index < -0.39 is 0 Å². The predicted octanol–water partition coefficient (Wildman–Crippen LogP) is 1.60. The zero-order valence-corrected chi connectivity index (χ0v) is 16.8. The minimum absolute atomic E-state index is 0.230. The summed E-state index contributed by atoms with van der Waals surface area (Å²) in [5, 5.41) is 10.6. The van der Waals surface area contributed by atoms with Crippen LogP contribution >= 0.6 is 0 Å². The molecule has 8 nitrogen and oxygen atoms in total. The third-order valence-corrected chi connectivity index (χ3v) is 5.06. The van der Waals surface area contributed by atoms with E-state index in [0.717, 1.165) is 43.1 Å². The van der Waals surface area contributed by atoms with Gasteiger partial charge in [-0.3, -0.25) is 9.48 Å². The Kier molecular flexibility index (Phi) is 5.74. The van der Waals surface area contributed by atoms with Crippen LogP contribution in [0.15, 0.2) is 12.4 Å². The van der Waals surface area contributed by atoms with Crippen LogP contribution in [0.25, 0.3) is 0 Å². The molecule has 2 aromatic heterocycles. The number of carbonyl (C=O) groups excluding carboxylic acids is 1. The van der Waals surface area contributed by atoms with Crippen LogP contribution < -0.4 is 15.5 Å². The molecule has 0 saturated carbocycles. The number of aryl methyl sites for hydroxylation is 1. The minimum Gasteiger partial charge on any atom is -0.355 e. The van der Waals surface area contributed by atoms with Crippen LogP contribution in [0.1, 0.15) is 53.7 Å². The van der Waals surface area contributed by atoms with Crippen molar-refractivity contribution in [1.29, 1.82) is 0 Å². The summed E-state index contributed by atoms with van der Waals surface area (Å²) in [6.07, 6.45) is 5.06. The lowest BCUT2D eigenvalue weighted by Gasteiger charge is -2.21. The van der Waals surface area contributed by atoms with Gasteiger partial charge in [-0.1, -0.05) is 0 Å². The Hall–Kier alpha value is -2.48. The Bertz CT molecular complexity index is 814. The molecule has 3 rings (SSSR count). The Morgan fingerprint density at radius 2 is 2.11 bits per heavy atom. The fourth-order valence-corrected chi connectivity index (χ4v) is 3.27. The molecule has 1 fully saturated rings. The molecule has 0 spiro atoms. The lowest BCUT2D eigenvalue weighted by atomic mass is 10.2. The highest BCUT2D eigenvalue weighted by Gasteiger charge is 2.26. The van der Waals surface area contributed by atoms with E-state index in [2.05, 4.69) is 50.6 Å². The molecule has 0 aliphatic carbocycles. The molecular weight excluding hydrogens is 342 g/mol. The summed E-state index contributed by atoms with van der Waals surface area (Å²) in [5.74, 6) is 0.835. The van der Waals surface area contributed by atoms with Gasteiger partial charge in [0.25, 0.3) is 5.91 Å². The Labute approximate surface area is 160 Å². The maximum Gasteiger partial charge on any atom is 0.288 e. The van der Waals surface area contributed by atoms with Crippen LogP contribution in [0, 0.1) is 13.8 Å². The molecular formula is C19H29N7O. The smallest absolute Gasteiger partial charge is 0.288 e. The monoisotopic (exact) mass is 371 g/mol. The Balaban J connectivity index is 1.65. The van der Waals surface area contributed by atoms with Crippen LogP contribution in [-0.2, 0) is 6.54 Å². The average molecular weight is 371 g/mol. The van der Waals surface area contributed by atoms with Crippen molar-refractivity contribution in [2.45, 2.75) is 52.7 Å². The van der Waals surface area contributed by atoms with Gasteiger partial charge in [0.15, 0.2) is 0 Å². The summed E-state index contributed by atoms with van der Waals surface area (Å²) < 4.78 is 1.98. The quantitative estimate of drug-likeness (QED) is 0.802. The highest BCUT2D eigenvalue weighted by atomic mass is 16.2. The van der Waals surface area contributed by atoms with Gasteiger partial charge in [-0.15, -0.1) is 0 Å². The molecule has 8 heteroatoms. The molecule has 27 heavy (non-hydrogen) atoms. The van der Waals surface area contributed by atoms with Gasteiger partial charge < -0.3 is 15.5 Å². The van der Waals surface area contributed by atoms with Gasteiger partial charge in [0.2, 0.25) is 5.82 Å². The molecule has 0 aromatic carbocycles. The van der Waals surface area contributed by atoms with Gasteiger partial charge in [-0.05, 0) is 34.1 Å². The molecule has 3 heterocycles. The number of hydrogen-bond acceptors (Lipinski definition) is 6. The standard InChI is InChI=1S/C19H29N7O/c1-12(2)26-10-15(9-22-26)8-21-16-6-7-25(11-16)18-13(3)14(4)23-17(24-18)19(27)20-5/h9-10,12,16,21H,6-8,11H2,1-5H3,(H,20,27)/t16-/m1/s1. The molecule has 1 atom stereocenters. The summed E-state index contributed by atoms with van der Waals surface area (Å²) in [5.41, 5.74) is 3.07. The van der Waals surface area contributed by atoms with Crippen LogP contribution in [0.2, 0.25) is 0 Å². The normalized spacial score (nSPS) is 17.0. The van der Waals surface area contributed by atoms with Crippen molar-refractivity contribution in [1.82, 2.24) is 30.4 Å². The first-order chi connectivity index (χ1) is 12.9. The van der Waals surface area contributed by atoms with Crippen molar-refractivity contribution in [3.05, 3.63) is 35.0 Å². The second-order valence-electron chi connectivity index (χ2n) is 7.40. The molecule has 0 unspecified atom stereocenters. The van der Waals surface area contributed by atoms with Gasteiger partial charge in [0.1, 0.15) is 5.82 Å². The predicted molar refractivity (Wildman–Crippen MR) is 105 cm³/mol. The lowest BCUT2D eigenvalue weighted by molar-refractivity contribution is 0.0952. The molecule has 2 aromatic rings. The van der Waals surface area contributed by atoms with E-state index in [1.807, 2.05) is 24.7 Å². The van der Waals surface area contributed by atoms with Gasteiger partial charge in [-0.2, -0.15) is 5.10 Å². The third kappa shape index (κ3) is 4.27. The molecule has 0 bridgehead atoms. The van der Waals surface area contributed by atoms with E-state index in [9.17, 15) is 4.79 Å². The van der Waals surface area contributed by atoms with E-state index in [-0.39, 0.29) is 11.7 Å². The van der Waals surface area contributed by atoms with Gasteiger partial charge >= 0.3 is 0 Å². The van der Waals surface area contributed by atoms with Crippen molar-refractivity contribution in [3.8, 4) is 0 Å². The number of amides is 1. The highest BCUT2D eigenvalue weighted by molar-refractivity contribution is 5.90. The highest BCUT2D eigenvalue weighted by Crippen LogP contribution is 2.24. The van der Waals surface area contributed by atoms with Crippen LogP contribution in [0.4, 0.5) is 5.82 Å². The maximum absolute atomic E-state index is 11.9. The van der Waals surface area contributed by atoms with Crippen molar-refractivity contribution >= 4 is 11.7 Å². The van der Waals surface area contributed by atoms with E-state index in [1.165, 1.54) is 5.56 Å². The number of hydrogen-bond donors (Lipinski definition) is 2. The average Bonchev–Trinajstić information content (AvgIpc) is 3.30. The summed E-state index contributed by atoms with van der Waals surface area (Å²) in [7, 11) is 1.60. The zero-order valence-electron chi connectivity index (χ0n) is 16.8. The van der Waals surface area contributed by atoms with E-state index in [1.54, 1.807) is 7.05 Å². The SMILES string of the molecule is CNC(=O)c1nc(C)c(C)c(N2CC[C@@H](NCc3cnn(C(C)C)c3)C2)n1. The fraction of sp³-hybridized carbons (Fsp3) is 0.579. The number of aromatic nitrogens is 4. The first kappa shape index (κ1) is 19.3. The van der Waals surface area contributed by atoms with E-state index in [0.29, 0.717) is 12.1 Å². The third-order valence-electron chi connectivity index (χ3n) is 5.06. The molecule has 146 valence electrons. The Morgan fingerprint density at radius 1 is 1.33 bits per heavy atom. The van der Waals surface area contributed by atoms with Crippen LogP contribution in [-0.4, -0.2) is 51.8 Å². The number of carbonyl (C=O) groups is 1. The van der Waals surface area contributed by atoms with Crippen molar-refractivity contribution in [2.24, 2.45) is 0 Å². The number of nitrogens with zero attached hydrogens (tertiary/aromatic N) is 5. The molecule has 1 aliphatic heterocycles. The van der Waals surface area contributed by atoms with Crippen LogP contribution in [0.5, 0.6) is 0 Å². The second-order valence-corrected chi connectivity index (χ2v) is 7.40. The van der Waals surface area contributed by atoms with Crippen molar-refractivity contribution in [2.75, 3.05) is 25.0 Å².